The molecule has 0 aliphatic carbocycles. The Bertz CT molecular complexity index is 385. The highest BCUT2D eigenvalue weighted by molar-refractivity contribution is 5.48. The molecule has 0 aliphatic heterocycles. The van der Waals surface area contributed by atoms with Crippen molar-refractivity contribution in [1.82, 2.24) is 0 Å². The second-order valence-corrected chi connectivity index (χ2v) is 3.66. The molecule has 0 saturated carbocycles. The van der Waals surface area contributed by atoms with Crippen LogP contribution in [0, 0.1) is 18.8 Å². The molecule has 0 spiro atoms. The van der Waals surface area contributed by atoms with Crippen LogP contribution < -0.4 is 4.74 Å². The van der Waals surface area contributed by atoms with E-state index in [-0.39, 0.29) is 6.61 Å². The fourth-order valence-electron chi connectivity index (χ4n) is 1.33. The fourth-order valence-corrected chi connectivity index (χ4v) is 1.33. The first-order chi connectivity index (χ1) is 7.77. The van der Waals surface area contributed by atoms with E-state index in [0.29, 0.717) is 6.61 Å². The van der Waals surface area contributed by atoms with Crippen LogP contribution in [0.25, 0.3) is 0 Å². The van der Waals surface area contributed by atoms with Crippen LogP contribution in [0.1, 0.15) is 30.9 Å². The number of aliphatic hydroxyl groups is 1. The van der Waals surface area contributed by atoms with E-state index >= 15 is 0 Å². The van der Waals surface area contributed by atoms with Crippen molar-refractivity contribution < 1.29 is 9.84 Å². The topological polar surface area (TPSA) is 29.5 Å². The fraction of sp³-hybridized carbons (Fsp3) is 0.429. The van der Waals surface area contributed by atoms with Gasteiger partial charge in [-0.15, -0.1) is 0 Å². The van der Waals surface area contributed by atoms with Gasteiger partial charge in [0.1, 0.15) is 12.4 Å². The van der Waals surface area contributed by atoms with E-state index in [4.69, 9.17) is 9.84 Å². The molecule has 0 heterocycles. The molecular weight excluding hydrogens is 200 g/mol. The largest absolute Gasteiger partial charge is 0.492 e. The Kier molecular flexibility index (Phi) is 5.45. The van der Waals surface area contributed by atoms with Gasteiger partial charge >= 0.3 is 0 Å². The molecule has 86 valence electrons. The van der Waals surface area contributed by atoms with E-state index in [0.717, 1.165) is 29.7 Å². The number of hydrogen-bond acceptors (Lipinski definition) is 2. The van der Waals surface area contributed by atoms with Gasteiger partial charge in [-0.05, 0) is 31.0 Å². The zero-order chi connectivity index (χ0) is 11.8. The molecule has 16 heavy (non-hydrogen) atoms. The number of unbranched alkanes of at least 4 members (excludes halogenated alkanes) is 1. The third-order valence-electron chi connectivity index (χ3n) is 2.19. The van der Waals surface area contributed by atoms with Gasteiger partial charge in [-0.1, -0.05) is 31.3 Å². The second kappa shape index (κ2) is 6.92. The highest BCUT2D eigenvalue weighted by Crippen LogP contribution is 2.19. The van der Waals surface area contributed by atoms with Crippen LogP contribution in [0.15, 0.2) is 18.2 Å². The Morgan fingerprint density at radius 1 is 1.38 bits per heavy atom. The molecule has 0 aliphatic rings. The summed E-state index contributed by atoms with van der Waals surface area (Å²) in [4.78, 5) is 0. The van der Waals surface area contributed by atoms with E-state index in [1.807, 2.05) is 25.1 Å². The number of ether oxygens (including phenoxy) is 1. The maximum absolute atomic E-state index is 8.69. The van der Waals surface area contributed by atoms with Gasteiger partial charge < -0.3 is 9.84 Å². The second-order valence-electron chi connectivity index (χ2n) is 3.66. The molecule has 0 amide bonds. The lowest BCUT2D eigenvalue weighted by Gasteiger charge is -2.08. The lowest BCUT2D eigenvalue weighted by molar-refractivity contribution is 0.308. The predicted octanol–water partition coefficient (Wildman–Crippen LogP) is 2.52. The predicted molar refractivity (Wildman–Crippen MR) is 65.5 cm³/mol. The summed E-state index contributed by atoms with van der Waals surface area (Å²) in [5.41, 5.74) is 2.00. The summed E-state index contributed by atoms with van der Waals surface area (Å²) >= 11 is 0. The van der Waals surface area contributed by atoms with E-state index in [9.17, 15) is 0 Å². The standard InChI is InChI=1S/C14H18O2/c1-3-4-10-16-14-8-7-12(2)11-13(14)6-5-9-15/h7-8,11,15H,3-4,9-10H2,1-2H3. The average molecular weight is 218 g/mol. The van der Waals surface area contributed by atoms with Gasteiger partial charge in [0, 0.05) is 0 Å². The average Bonchev–Trinajstić information content (AvgIpc) is 2.29. The molecule has 2 heteroatoms. The first-order valence-electron chi connectivity index (χ1n) is 5.61. The lowest BCUT2D eigenvalue weighted by atomic mass is 10.1. The van der Waals surface area contributed by atoms with Crippen LogP contribution in [0.5, 0.6) is 5.75 Å². The third-order valence-corrected chi connectivity index (χ3v) is 2.19. The van der Waals surface area contributed by atoms with Gasteiger partial charge in [-0.2, -0.15) is 0 Å². The molecule has 1 N–H and O–H groups in total. The Morgan fingerprint density at radius 2 is 2.19 bits per heavy atom. The minimum absolute atomic E-state index is 0.123. The van der Waals surface area contributed by atoms with Crippen molar-refractivity contribution in [2.24, 2.45) is 0 Å². The van der Waals surface area contributed by atoms with Gasteiger partial charge in [0.05, 0.1) is 12.2 Å². The number of benzene rings is 1. The first kappa shape index (κ1) is 12.6. The summed E-state index contributed by atoms with van der Waals surface area (Å²) in [7, 11) is 0. The van der Waals surface area contributed by atoms with Crippen molar-refractivity contribution in [2.75, 3.05) is 13.2 Å². The van der Waals surface area contributed by atoms with E-state index in [1.54, 1.807) is 0 Å². The number of aryl methyl sites for hydroxylation is 1. The minimum atomic E-state index is -0.123. The van der Waals surface area contributed by atoms with Crippen molar-refractivity contribution in [3.8, 4) is 17.6 Å². The maximum atomic E-state index is 8.69. The lowest BCUT2D eigenvalue weighted by Crippen LogP contribution is -1.98. The summed E-state index contributed by atoms with van der Waals surface area (Å²) in [6, 6.07) is 5.92. The number of aliphatic hydroxyl groups excluding tert-OH is 1. The SMILES string of the molecule is CCCCOc1ccc(C)cc1C#CCO. The van der Waals surface area contributed by atoms with Crippen LogP contribution >= 0.6 is 0 Å². The molecule has 0 fully saturated rings. The Labute approximate surface area is 97.3 Å². The molecule has 0 atom stereocenters. The zero-order valence-corrected chi connectivity index (χ0v) is 9.92. The van der Waals surface area contributed by atoms with Crippen LogP contribution in [-0.4, -0.2) is 18.3 Å². The van der Waals surface area contributed by atoms with Crippen molar-refractivity contribution in [1.29, 1.82) is 0 Å². The Morgan fingerprint density at radius 3 is 2.88 bits per heavy atom. The molecule has 1 rings (SSSR count). The molecule has 1 aromatic rings. The summed E-state index contributed by atoms with van der Waals surface area (Å²) < 4.78 is 5.65. The quantitative estimate of drug-likeness (QED) is 0.621. The molecule has 0 aromatic heterocycles. The van der Waals surface area contributed by atoms with E-state index < -0.39 is 0 Å². The summed E-state index contributed by atoms with van der Waals surface area (Å²) in [5, 5.41) is 8.69. The monoisotopic (exact) mass is 218 g/mol. The summed E-state index contributed by atoms with van der Waals surface area (Å²) in [5.74, 6) is 6.36. The molecular formula is C14H18O2. The Hall–Kier alpha value is -1.46. The highest BCUT2D eigenvalue weighted by atomic mass is 16.5. The van der Waals surface area contributed by atoms with E-state index in [2.05, 4.69) is 18.8 Å². The molecule has 2 nitrogen and oxygen atoms in total. The van der Waals surface area contributed by atoms with Crippen LogP contribution in [0.2, 0.25) is 0 Å². The third kappa shape index (κ3) is 3.96. The van der Waals surface area contributed by atoms with Gasteiger partial charge in [-0.25, -0.2) is 0 Å². The smallest absolute Gasteiger partial charge is 0.134 e. The number of hydrogen-bond donors (Lipinski definition) is 1. The van der Waals surface area contributed by atoms with Crippen LogP contribution in [0.3, 0.4) is 0 Å². The van der Waals surface area contributed by atoms with Crippen LogP contribution in [-0.2, 0) is 0 Å². The summed E-state index contributed by atoms with van der Waals surface area (Å²) in [6.45, 7) is 4.74. The van der Waals surface area contributed by atoms with E-state index in [1.165, 1.54) is 0 Å². The van der Waals surface area contributed by atoms with Crippen molar-refractivity contribution >= 4 is 0 Å². The van der Waals surface area contributed by atoms with Gasteiger partial charge in [0.2, 0.25) is 0 Å². The Balaban J connectivity index is 2.80. The van der Waals surface area contributed by atoms with Gasteiger partial charge in [-0.3, -0.25) is 0 Å². The molecule has 0 unspecified atom stereocenters. The maximum Gasteiger partial charge on any atom is 0.134 e. The van der Waals surface area contributed by atoms with Crippen molar-refractivity contribution in [3.63, 3.8) is 0 Å². The normalized spacial score (nSPS) is 9.44. The summed E-state index contributed by atoms with van der Waals surface area (Å²) in [6.07, 6.45) is 2.16. The first-order valence-corrected chi connectivity index (χ1v) is 5.61. The zero-order valence-electron chi connectivity index (χ0n) is 9.92. The molecule has 0 bridgehead atoms. The molecule has 0 radical (unpaired) electrons. The minimum Gasteiger partial charge on any atom is -0.492 e. The molecule has 0 saturated heterocycles. The highest BCUT2D eigenvalue weighted by Gasteiger charge is 2.01. The van der Waals surface area contributed by atoms with Crippen LogP contribution in [0.4, 0.5) is 0 Å². The van der Waals surface area contributed by atoms with Gasteiger partial charge in [0.15, 0.2) is 0 Å². The van der Waals surface area contributed by atoms with Gasteiger partial charge in [0.25, 0.3) is 0 Å². The molecule has 1 aromatic carbocycles. The van der Waals surface area contributed by atoms with Crippen molar-refractivity contribution in [2.45, 2.75) is 26.7 Å². The number of rotatable bonds is 4. The van der Waals surface area contributed by atoms with Crippen molar-refractivity contribution in [3.05, 3.63) is 29.3 Å².